The molecule has 1 aliphatic heterocycles. The van der Waals surface area contributed by atoms with Crippen LogP contribution in [0, 0.1) is 34.5 Å². The Balaban J connectivity index is 1.51. The Hall–Kier alpha value is -0.700. The Bertz CT molecular complexity index is 569. The topological polar surface area (TPSA) is 46.7 Å². The number of ketones is 2. The maximum Gasteiger partial charge on any atom is 0.164 e. The number of carbonyl (C=O) groups excluding carboxylic acids is 2. The normalized spacial score (nSPS) is 59.4. The van der Waals surface area contributed by atoms with Crippen LogP contribution in [-0.2, 0) is 14.3 Å². The SMILES string of the molecule is C[C@]12[C@@H](CC[C@H]3[C@@H]1CC[C@]1(C)C(=O)CC[C@@H]31)CC(=O)[C@@H]1O[C@@H]12. The molecule has 0 spiro atoms. The van der Waals surface area contributed by atoms with E-state index in [1.165, 1.54) is 6.42 Å². The maximum atomic E-state index is 12.4. The van der Waals surface area contributed by atoms with Gasteiger partial charge >= 0.3 is 0 Å². The van der Waals surface area contributed by atoms with Crippen molar-refractivity contribution < 1.29 is 14.3 Å². The first-order valence-corrected chi connectivity index (χ1v) is 9.17. The van der Waals surface area contributed by atoms with E-state index in [9.17, 15) is 9.59 Å². The molecule has 5 aliphatic rings. The average Bonchev–Trinajstić information content (AvgIpc) is 3.24. The van der Waals surface area contributed by atoms with Crippen LogP contribution in [0.2, 0.25) is 0 Å². The van der Waals surface area contributed by atoms with Crippen LogP contribution in [0.1, 0.15) is 58.8 Å². The van der Waals surface area contributed by atoms with E-state index in [4.69, 9.17) is 4.74 Å². The molecule has 22 heavy (non-hydrogen) atoms. The Labute approximate surface area is 132 Å². The van der Waals surface area contributed by atoms with Gasteiger partial charge in [-0.3, -0.25) is 9.59 Å². The van der Waals surface area contributed by atoms with Crippen LogP contribution < -0.4 is 0 Å². The van der Waals surface area contributed by atoms with Crippen molar-refractivity contribution >= 4 is 11.6 Å². The first kappa shape index (κ1) is 13.7. The molecule has 0 N–H and O–H groups in total. The quantitative estimate of drug-likeness (QED) is 0.646. The second-order valence-electron chi connectivity index (χ2n) is 9.08. The van der Waals surface area contributed by atoms with E-state index in [0.717, 1.165) is 38.5 Å². The number of hydrogen-bond donors (Lipinski definition) is 0. The molecule has 8 atom stereocenters. The lowest BCUT2D eigenvalue weighted by Crippen LogP contribution is -2.56. The van der Waals surface area contributed by atoms with Crippen LogP contribution in [0.25, 0.3) is 0 Å². The van der Waals surface area contributed by atoms with Gasteiger partial charge in [-0.25, -0.2) is 0 Å². The van der Waals surface area contributed by atoms with Crippen molar-refractivity contribution in [2.24, 2.45) is 34.5 Å². The third-order valence-electron chi connectivity index (χ3n) is 8.54. The number of carbonyl (C=O) groups is 2. The first-order valence-electron chi connectivity index (χ1n) is 9.17. The number of Topliss-reactive ketones (excluding diaryl/α,β-unsaturated/α-hetero) is 2. The summed E-state index contributed by atoms with van der Waals surface area (Å²) in [6.07, 6.45) is 7.35. The van der Waals surface area contributed by atoms with Crippen LogP contribution in [0.5, 0.6) is 0 Å². The lowest BCUT2D eigenvalue weighted by atomic mass is 9.45. The molecular weight excluding hydrogens is 276 g/mol. The Morgan fingerprint density at radius 3 is 2.68 bits per heavy atom. The summed E-state index contributed by atoms with van der Waals surface area (Å²) in [5.74, 6) is 3.32. The van der Waals surface area contributed by atoms with Crippen LogP contribution in [-0.4, -0.2) is 23.8 Å². The van der Waals surface area contributed by atoms with Gasteiger partial charge in [0, 0.05) is 23.7 Å². The molecule has 4 aliphatic carbocycles. The molecule has 3 heteroatoms. The average molecular weight is 302 g/mol. The minimum absolute atomic E-state index is 0.0430. The Kier molecular flexibility index (Phi) is 2.51. The van der Waals surface area contributed by atoms with Gasteiger partial charge in [-0.05, 0) is 55.8 Å². The van der Waals surface area contributed by atoms with E-state index in [2.05, 4.69) is 13.8 Å². The first-order chi connectivity index (χ1) is 10.5. The molecule has 120 valence electrons. The zero-order chi connectivity index (χ0) is 15.3. The number of rotatable bonds is 0. The van der Waals surface area contributed by atoms with E-state index < -0.39 is 0 Å². The Morgan fingerprint density at radius 1 is 1.05 bits per heavy atom. The molecule has 0 bridgehead atoms. The highest BCUT2D eigenvalue weighted by Gasteiger charge is 2.69. The fourth-order valence-corrected chi connectivity index (χ4v) is 7.20. The fourth-order valence-electron chi connectivity index (χ4n) is 7.20. The number of epoxide rings is 1. The predicted molar refractivity (Wildman–Crippen MR) is 81.2 cm³/mol. The van der Waals surface area contributed by atoms with Crippen molar-refractivity contribution in [1.82, 2.24) is 0 Å². The van der Waals surface area contributed by atoms with Crippen LogP contribution >= 0.6 is 0 Å². The van der Waals surface area contributed by atoms with Gasteiger partial charge in [0.15, 0.2) is 5.78 Å². The van der Waals surface area contributed by atoms with Crippen molar-refractivity contribution in [1.29, 1.82) is 0 Å². The molecule has 0 aromatic carbocycles. The van der Waals surface area contributed by atoms with Gasteiger partial charge in [0.25, 0.3) is 0 Å². The zero-order valence-corrected chi connectivity index (χ0v) is 13.6. The van der Waals surface area contributed by atoms with E-state index in [0.29, 0.717) is 35.2 Å². The zero-order valence-electron chi connectivity index (χ0n) is 13.6. The van der Waals surface area contributed by atoms with Crippen molar-refractivity contribution in [2.45, 2.75) is 71.0 Å². The van der Waals surface area contributed by atoms with Gasteiger partial charge in [0.2, 0.25) is 0 Å². The number of fused-ring (bicyclic) bond motifs is 7. The summed E-state index contributed by atoms with van der Waals surface area (Å²) in [5.41, 5.74) is 0.146. The van der Waals surface area contributed by atoms with Gasteiger partial charge in [-0.15, -0.1) is 0 Å². The minimum Gasteiger partial charge on any atom is -0.361 e. The summed E-state index contributed by atoms with van der Waals surface area (Å²) in [7, 11) is 0. The van der Waals surface area contributed by atoms with Gasteiger partial charge in [0.05, 0.1) is 6.10 Å². The highest BCUT2D eigenvalue weighted by Crippen LogP contribution is 2.67. The van der Waals surface area contributed by atoms with E-state index >= 15 is 0 Å². The summed E-state index contributed by atoms with van der Waals surface area (Å²) in [6, 6.07) is 0. The lowest BCUT2D eigenvalue weighted by molar-refractivity contribution is -0.141. The monoisotopic (exact) mass is 302 g/mol. The largest absolute Gasteiger partial charge is 0.361 e. The molecule has 4 saturated carbocycles. The smallest absolute Gasteiger partial charge is 0.164 e. The number of hydrogen-bond acceptors (Lipinski definition) is 3. The molecule has 0 amide bonds. The summed E-state index contributed by atoms with van der Waals surface area (Å²) < 4.78 is 5.85. The highest BCUT2D eigenvalue weighted by molar-refractivity contribution is 5.88. The van der Waals surface area contributed by atoms with Crippen LogP contribution in [0.4, 0.5) is 0 Å². The molecule has 5 fully saturated rings. The van der Waals surface area contributed by atoms with E-state index in [1.807, 2.05) is 0 Å². The van der Waals surface area contributed by atoms with Gasteiger partial charge < -0.3 is 4.74 Å². The summed E-state index contributed by atoms with van der Waals surface area (Å²) >= 11 is 0. The third-order valence-corrected chi connectivity index (χ3v) is 8.54. The molecular formula is C19H26O3. The Morgan fingerprint density at radius 2 is 1.86 bits per heavy atom. The van der Waals surface area contributed by atoms with E-state index in [-0.39, 0.29) is 23.0 Å². The maximum absolute atomic E-state index is 12.4. The lowest BCUT2D eigenvalue weighted by Gasteiger charge is -2.58. The second-order valence-corrected chi connectivity index (χ2v) is 9.08. The predicted octanol–water partition coefficient (Wildman–Crippen LogP) is 3.15. The molecule has 1 heterocycles. The molecule has 0 aromatic heterocycles. The summed E-state index contributed by atoms with van der Waals surface area (Å²) in [4.78, 5) is 24.5. The molecule has 0 radical (unpaired) electrons. The molecule has 5 rings (SSSR count). The van der Waals surface area contributed by atoms with Crippen LogP contribution in [0.15, 0.2) is 0 Å². The van der Waals surface area contributed by atoms with Crippen LogP contribution in [0.3, 0.4) is 0 Å². The van der Waals surface area contributed by atoms with Gasteiger partial charge in [-0.2, -0.15) is 0 Å². The summed E-state index contributed by atoms with van der Waals surface area (Å²) in [5, 5.41) is 0. The van der Waals surface area contributed by atoms with E-state index in [1.54, 1.807) is 0 Å². The molecule has 0 unspecified atom stereocenters. The molecule has 1 saturated heterocycles. The minimum atomic E-state index is -0.0847. The molecule has 0 aromatic rings. The van der Waals surface area contributed by atoms with Crippen molar-refractivity contribution in [3.63, 3.8) is 0 Å². The summed E-state index contributed by atoms with van der Waals surface area (Å²) in [6.45, 7) is 4.64. The van der Waals surface area contributed by atoms with Gasteiger partial charge in [0.1, 0.15) is 11.9 Å². The third kappa shape index (κ3) is 1.43. The second kappa shape index (κ2) is 4.03. The van der Waals surface area contributed by atoms with Crippen molar-refractivity contribution in [3.05, 3.63) is 0 Å². The molecule has 3 nitrogen and oxygen atoms in total. The standard InChI is InChI=1S/C19H26O3/c1-18-8-7-13-11(12(18)5-6-15(18)21)4-3-10-9-14(20)16-17(22-16)19(10,13)2/h10-13,16-17H,3-9H2,1-2H3/t10-,11+,12-,13-,16-,17-,18-,19-/m0/s1. The highest BCUT2D eigenvalue weighted by atomic mass is 16.6. The fraction of sp³-hybridized carbons (Fsp3) is 0.895. The number of ether oxygens (including phenoxy) is 1. The van der Waals surface area contributed by atoms with Crippen molar-refractivity contribution in [2.75, 3.05) is 0 Å². The van der Waals surface area contributed by atoms with Crippen molar-refractivity contribution in [3.8, 4) is 0 Å². The van der Waals surface area contributed by atoms with Gasteiger partial charge in [-0.1, -0.05) is 13.8 Å².